The summed E-state index contributed by atoms with van der Waals surface area (Å²) in [6.45, 7) is 1.07. The highest BCUT2D eigenvalue weighted by atomic mass is 79.9. The van der Waals surface area contributed by atoms with Crippen LogP contribution in [0, 0.1) is 0 Å². The van der Waals surface area contributed by atoms with Gasteiger partial charge in [-0.15, -0.1) is 12.4 Å². The van der Waals surface area contributed by atoms with Gasteiger partial charge in [0.05, 0.1) is 0 Å². The van der Waals surface area contributed by atoms with E-state index < -0.39 is 0 Å². The first-order chi connectivity index (χ1) is 7.22. The van der Waals surface area contributed by atoms with Crippen molar-refractivity contribution in [3.8, 4) is 0 Å². The fourth-order valence-electron chi connectivity index (χ4n) is 1.22. The molecule has 0 aliphatic rings. The van der Waals surface area contributed by atoms with Gasteiger partial charge in [-0.2, -0.15) is 0 Å². The molecule has 0 bridgehead atoms. The van der Waals surface area contributed by atoms with E-state index in [1.165, 1.54) is 5.56 Å². The van der Waals surface area contributed by atoms with Crippen molar-refractivity contribution in [2.24, 2.45) is 5.73 Å². The van der Waals surface area contributed by atoms with Gasteiger partial charge in [0.2, 0.25) is 5.91 Å². The van der Waals surface area contributed by atoms with Crippen molar-refractivity contribution in [3.63, 3.8) is 0 Å². The minimum Gasteiger partial charge on any atom is -0.356 e. The fourth-order valence-corrected chi connectivity index (χ4v) is 1.48. The minimum absolute atomic E-state index is 0. The van der Waals surface area contributed by atoms with E-state index in [4.69, 9.17) is 5.73 Å². The van der Waals surface area contributed by atoms with Crippen LogP contribution in [0.25, 0.3) is 0 Å². The molecule has 0 fully saturated rings. The first-order valence-electron chi connectivity index (χ1n) is 4.93. The molecule has 0 unspecified atom stereocenters. The molecule has 3 N–H and O–H groups in total. The molecule has 1 rings (SSSR count). The van der Waals surface area contributed by atoms with Crippen molar-refractivity contribution < 1.29 is 4.79 Å². The largest absolute Gasteiger partial charge is 0.356 e. The van der Waals surface area contributed by atoms with Crippen molar-refractivity contribution in [1.29, 1.82) is 0 Å². The molecule has 5 heteroatoms. The van der Waals surface area contributed by atoms with Crippen molar-refractivity contribution in [2.75, 3.05) is 13.1 Å². The molecule has 0 aromatic heterocycles. The number of rotatable bonds is 5. The predicted molar refractivity (Wildman–Crippen MR) is 71.8 cm³/mol. The van der Waals surface area contributed by atoms with Gasteiger partial charge in [0.15, 0.2) is 0 Å². The number of hydrogen-bond acceptors (Lipinski definition) is 2. The summed E-state index contributed by atoms with van der Waals surface area (Å²) in [7, 11) is 0. The van der Waals surface area contributed by atoms with Crippen LogP contribution in [0.2, 0.25) is 0 Å². The summed E-state index contributed by atoms with van der Waals surface area (Å²) >= 11 is 3.37. The molecule has 0 aliphatic carbocycles. The van der Waals surface area contributed by atoms with E-state index in [0.29, 0.717) is 19.5 Å². The van der Waals surface area contributed by atoms with E-state index in [9.17, 15) is 4.79 Å². The van der Waals surface area contributed by atoms with Crippen molar-refractivity contribution in [2.45, 2.75) is 12.8 Å². The lowest BCUT2D eigenvalue weighted by Crippen LogP contribution is -2.27. The molecular formula is C11H16BrClN2O. The second-order valence-electron chi connectivity index (χ2n) is 3.27. The van der Waals surface area contributed by atoms with Crippen LogP contribution in [-0.2, 0) is 11.2 Å². The Labute approximate surface area is 110 Å². The van der Waals surface area contributed by atoms with Crippen LogP contribution in [0.5, 0.6) is 0 Å². The minimum atomic E-state index is 0. The molecule has 0 saturated carbocycles. The molecule has 0 spiro atoms. The number of nitrogens with two attached hydrogens (primary N) is 1. The number of nitrogens with one attached hydrogen (secondary N) is 1. The lowest BCUT2D eigenvalue weighted by molar-refractivity contribution is -0.120. The Hall–Kier alpha value is -0.580. The lowest BCUT2D eigenvalue weighted by Gasteiger charge is -2.04. The van der Waals surface area contributed by atoms with E-state index >= 15 is 0 Å². The highest BCUT2D eigenvalue weighted by Crippen LogP contribution is 2.10. The van der Waals surface area contributed by atoms with Gasteiger partial charge in [-0.1, -0.05) is 28.1 Å². The Kier molecular flexibility index (Phi) is 8.25. The zero-order valence-electron chi connectivity index (χ0n) is 8.91. The quantitative estimate of drug-likeness (QED) is 0.872. The van der Waals surface area contributed by atoms with Crippen LogP contribution in [0.4, 0.5) is 0 Å². The SMILES string of the molecule is Cl.NCCC(=O)NCCc1ccc(Br)cc1. The number of hydrogen-bond donors (Lipinski definition) is 2. The fraction of sp³-hybridized carbons (Fsp3) is 0.364. The molecule has 0 radical (unpaired) electrons. The third-order valence-electron chi connectivity index (χ3n) is 2.02. The van der Waals surface area contributed by atoms with Crippen LogP contribution in [0.1, 0.15) is 12.0 Å². The highest BCUT2D eigenvalue weighted by Gasteiger charge is 1.98. The first-order valence-corrected chi connectivity index (χ1v) is 5.73. The highest BCUT2D eigenvalue weighted by molar-refractivity contribution is 9.10. The number of amides is 1. The summed E-state index contributed by atoms with van der Waals surface area (Å²) < 4.78 is 1.07. The van der Waals surface area contributed by atoms with Crippen LogP contribution in [-0.4, -0.2) is 19.0 Å². The summed E-state index contributed by atoms with van der Waals surface area (Å²) in [6, 6.07) is 8.08. The molecule has 3 nitrogen and oxygen atoms in total. The van der Waals surface area contributed by atoms with E-state index in [1.807, 2.05) is 24.3 Å². The zero-order chi connectivity index (χ0) is 11.1. The van der Waals surface area contributed by atoms with Gasteiger partial charge in [0.25, 0.3) is 0 Å². The average Bonchev–Trinajstić information content (AvgIpc) is 2.21. The summed E-state index contributed by atoms with van der Waals surface area (Å²) in [5.41, 5.74) is 6.48. The average molecular weight is 308 g/mol. The van der Waals surface area contributed by atoms with E-state index in [2.05, 4.69) is 21.2 Å². The third kappa shape index (κ3) is 6.10. The normalized spacial score (nSPS) is 9.38. The predicted octanol–water partition coefficient (Wildman–Crippen LogP) is 1.88. The summed E-state index contributed by atoms with van der Waals surface area (Å²) in [4.78, 5) is 11.1. The van der Waals surface area contributed by atoms with Gasteiger partial charge in [-0.05, 0) is 24.1 Å². The van der Waals surface area contributed by atoms with Crippen LogP contribution < -0.4 is 11.1 Å². The summed E-state index contributed by atoms with van der Waals surface area (Å²) in [5, 5.41) is 2.82. The molecule has 0 atom stereocenters. The van der Waals surface area contributed by atoms with Gasteiger partial charge in [0, 0.05) is 24.0 Å². The number of benzene rings is 1. The van der Waals surface area contributed by atoms with E-state index in [0.717, 1.165) is 10.9 Å². The molecule has 1 amide bonds. The molecular weight excluding hydrogens is 291 g/mol. The van der Waals surface area contributed by atoms with Crippen LogP contribution in [0.3, 0.4) is 0 Å². The molecule has 1 aromatic rings. The third-order valence-corrected chi connectivity index (χ3v) is 2.55. The maximum Gasteiger partial charge on any atom is 0.221 e. The Bertz CT molecular complexity index is 316. The smallest absolute Gasteiger partial charge is 0.221 e. The van der Waals surface area contributed by atoms with Gasteiger partial charge in [-0.25, -0.2) is 0 Å². The second kappa shape index (κ2) is 8.56. The molecule has 16 heavy (non-hydrogen) atoms. The molecule has 0 saturated heterocycles. The van der Waals surface area contributed by atoms with Gasteiger partial charge < -0.3 is 11.1 Å². The molecule has 0 aliphatic heterocycles. The van der Waals surface area contributed by atoms with Gasteiger partial charge in [0.1, 0.15) is 0 Å². The van der Waals surface area contributed by atoms with Gasteiger partial charge in [-0.3, -0.25) is 4.79 Å². The number of carbonyl (C=O) groups excluding carboxylic acids is 1. The van der Waals surface area contributed by atoms with E-state index in [1.54, 1.807) is 0 Å². The Morgan fingerprint density at radius 3 is 2.50 bits per heavy atom. The monoisotopic (exact) mass is 306 g/mol. The van der Waals surface area contributed by atoms with E-state index in [-0.39, 0.29) is 18.3 Å². The molecule has 1 aromatic carbocycles. The Morgan fingerprint density at radius 2 is 1.94 bits per heavy atom. The number of halogens is 2. The summed E-state index contributed by atoms with van der Waals surface area (Å²) in [5.74, 6) is 0.0228. The summed E-state index contributed by atoms with van der Waals surface area (Å²) in [6.07, 6.45) is 1.25. The number of carbonyl (C=O) groups is 1. The Balaban J connectivity index is 0.00000225. The Morgan fingerprint density at radius 1 is 1.31 bits per heavy atom. The maximum absolute atomic E-state index is 11.1. The van der Waals surface area contributed by atoms with Crippen LogP contribution in [0.15, 0.2) is 28.7 Å². The molecule has 90 valence electrons. The topological polar surface area (TPSA) is 55.1 Å². The maximum atomic E-state index is 11.1. The van der Waals surface area contributed by atoms with Crippen molar-refractivity contribution in [3.05, 3.63) is 34.3 Å². The lowest BCUT2D eigenvalue weighted by atomic mass is 10.1. The second-order valence-corrected chi connectivity index (χ2v) is 4.18. The first kappa shape index (κ1) is 15.4. The standard InChI is InChI=1S/C11H15BrN2O.ClH/c12-10-3-1-9(2-4-10)6-8-14-11(15)5-7-13;/h1-4H,5-8,13H2,(H,14,15);1H. The van der Waals surface area contributed by atoms with Crippen LogP contribution >= 0.6 is 28.3 Å². The zero-order valence-corrected chi connectivity index (χ0v) is 11.3. The van der Waals surface area contributed by atoms with Crippen molar-refractivity contribution >= 4 is 34.2 Å². The molecule has 0 heterocycles. The van der Waals surface area contributed by atoms with Gasteiger partial charge >= 0.3 is 0 Å². The van der Waals surface area contributed by atoms with Crippen molar-refractivity contribution in [1.82, 2.24) is 5.32 Å².